The molecule has 2 rings (SSSR count). The molecule has 1 aliphatic rings. The van der Waals surface area contributed by atoms with Crippen LogP contribution in [0.15, 0.2) is 36.2 Å². The Balaban J connectivity index is 2.35. The van der Waals surface area contributed by atoms with Gasteiger partial charge < -0.3 is 0 Å². The lowest BCUT2D eigenvalue weighted by Gasteiger charge is -2.14. The quantitative estimate of drug-likeness (QED) is 0.608. The topological polar surface area (TPSA) is 0 Å². The van der Waals surface area contributed by atoms with Gasteiger partial charge >= 0.3 is 0 Å². The van der Waals surface area contributed by atoms with Gasteiger partial charge in [0, 0.05) is 0 Å². The molecule has 0 heterocycles. The Morgan fingerprint density at radius 1 is 0.923 bits per heavy atom. The first-order valence-electron chi connectivity index (χ1n) is 4.81. The van der Waals surface area contributed by atoms with Gasteiger partial charge in [0.05, 0.1) is 0 Å². The summed E-state index contributed by atoms with van der Waals surface area (Å²) in [4.78, 5) is 0. The minimum absolute atomic E-state index is 0.0949. The van der Waals surface area contributed by atoms with E-state index < -0.39 is 0 Å². The van der Waals surface area contributed by atoms with Crippen LogP contribution in [-0.4, -0.2) is 0 Å². The summed E-state index contributed by atoms with van der Waals surface area (Å²) in [5, 5.41) is 0. The highest BCUT2D eigenvalue weighted by Gasteiger charge is 2.13. The molecule has 1 heteroatoms. The molecule has 13 heavy (non-hydrogen) atoms. The van der Waals surface area contributed by atoms with E-state index in [1.807, 2.05) is 30.3 Å². The lowest BCUT2D eigenvalue weighted by molar-refractivity contribution is 0.543. The Morgan fingerprint density at radius 3 is 2.31 bits per heavy atom. The fourth-order valence-corrected chi connectivity index (χ4v) is 1.81. The van der Waals surface area contributed by atoms with Gasteiger partial charge in [-0.2, -0.15) is 0 Å². The van der Waals surface area contributed by atoms with Crippen LogP contribution in [-0.2, 0) is 0 Å². The number of rotatable bonds is 1. The Labute approximate surface area is 78.1 Å². The van der Waals surface area contributed by atoms with Crippen molar-refractivity contribution in [3.8, 4) is 0 Å². The van der Waals surface area contributed by atoms with Crippen molar-refractivity contribution in [2.45, 2.75) is 25.7 Å². The first kappa shape index (κ1) is 8.49. The molecule has 1 aromatic carbocycles. The zero-order valence-corrected chi connectivity index (χ0v) is 7.59. The van der Waals surface area contributed by atoms with Crippen LogP contribution in [0.5, 0.6) is 0 Å². The van der Waals surface area contributed by atoms with Gasteiger partial charge in [0.1, 0.15) is 5.83 Å². The fourth-order valence-electron chi connectivity index (χ4n) is 1.81. The first-order chi connectivity index (χ1) is 6.38. The second-order valence-corrected chi connectivity index (χ2v) is 3.46. The third-order valence-corrected chi connectivity index (χ3v) is 2.52. The van der Waals surface area contributed by atoms with E-state index in [9.17, 15) is 4.39 Å². The van der Waals surface area contributed by atoms with Crippen molar-refractivity contribution in [3.05, 3.63) is 41.7 Å². The smallest absolute Gasteiger partial charge is 0.104 e. The van der Waals surface area contributed by atoms with E-state index >= 15 is 0 Å². The highest BCUT2D eigenvalue weighted by Crippen LogP contribution is 2.32. The normalized spacial score (nSPS) is 17.6. The molecule has 0 unspecified atom stereocenters. The molecule has 0 fully saturated rings. The van der Waals surface area contributed by atoms with Gasteiger partial charge in [-0.3, -0.25) is 0 Å². The van der Waals surface area contributed by atoms with Gasteiger partial charge in [-0.1, -0.05) is 30.3 Å². The molecular formula is C12H13F. The van der Waals surface area contributed by atoms with E-state index in [0.29, 0.717) is 6.42 Å². The summed E-state index contributed by atoms with van der Waals surface area (Å²) in [5.41, 5.74) is 1.98. The Morgan fingerprint density at radius 2 is 1.62 bits per heavy atom. The summed E-state index contributed by atoms with van der Waals surface area (Å²) < 4.78 is 13.4. The van der Waals surface area contributed by atoms with E-state index in [-0.39, 0.29) is 5.83 Å². The van der Waals surface area contributed by atoms with Crippen LogP contribution in [0.3, 0.4) is 0 Å². The van der Waals surface area contributed by atoms with Gasteiger partial charge in [0.15, 0.2) is 0 Å². The largest absolute Gasteiger partial charge is 0.212 e. The maximum Gasteiger partial charge on any atom is 0.104 e. The number of hydrogen-bond acceptors (Lipinski definition) is 0. The molecule has 0 atom stereocenters. The second kappa shape index (κ2) is 3.73. The number of hydrogen-bond donors (Lipinski definition) is 0. The third kappa shape index (κ3) is 1.80. The summed E-state index contributed by atoms with van der Waals surface area (Å²) in [5.74, 6) is 0.0949. The van der Waals surface area contributed by atoms with Crippen molar-refractivity contribution in [3.63, 3.8) is 0 Å². The molecule has 0 N–H and O–H groups in total. The van der Waals surface area contributed by atoms with Gasteiger partial charge in [-0.15, -0.1) is 0 Å². The van der Waals surface area contributed by atoms with E-state index in [4.69, 9.17) is 0 Å². The molecule has 0 amide bonds. The maximum atomic E-state index is 13.4. The van der Waals surface area contributed by atoms with E-state index in [1.54, 1.807) is 0 Å². The molecular weight excluding hydrogens is 163 g/mol. The van der Waals surface area contributed by atoms with E-state index in [0.717, 1.165) is 30.4 Å². The minimum atomic E-state index is 0.0949. The standard InChI is InChI=1S/C12H13F/c13-12-9-5-4-8-11(12)10-6-2-1-3-7-10/h1-3,6-7H,4-5,8-9H2. The number of allylic oxidation sites excluding steroid dienone is 2. The predicted molar refractivity (Wildman–Crippen MR) is 52.9 cm³/mol. The van der Waals surface area contributed by atoms with Crippen LogP contribution in [0.25, 0.3) is 5.57 Å². The summed E-state index contributed by atoms with van der Waals surface area (Å²) in [6, 6.07) is 9.86. The van der Waals surface area contributed by atoms with Crippen molar-refractivity contribution >= 4 is 5.57 Å². The highest BCUT2D eigenvalue weighted by molar-refractivity contribution is 5.67. The molecule has 0 saturated heterocycles. The Kier molecular flexibility index (Phi) is 2.44. The van der Waals surface area contributed by atoms with Gasteiger partial charge in [-0.05, 0) is 36.8 Å². The lowest BCUT2D eigenvalue weighted by Crippen LogP contribution is -1.95. The van der Waals surface area contributed by atoms with Crippen LogP contribution < -0.4 is 0 Å². The summed E-state index contributed by atoms with van der Waals surface area (Å²) in [7, 11) is 0. The molecule has 0 bridgehead atoms. The van der Waals surface area contributed by atoms with Crippen molar-refractivity contribution < 1.29 is 4.39 Å². The molecule has 0 radical (unpaired) electrons. The number of halogens is 1. The summed E-state index contributed by atoms with van der Waals surface area (Å²) >= 11 is 0. The maximum absolute atomic E-state index is 13.4. The van der Waals surface area contributed by atoms with Crippen molar-refractivity contribution in [2.24, 2.45) is 0 Å². The molecule has 0 saturated carbocycles. The average Bonchev–Trinajstić information content (AvgIpc) is 2.20. The lowest BCUT2D eigenvalue weighted by atomic mass is 9.93. The van der Waals surface area contributed by atoms with E-state index in [1.165, 1.54) is 0 Å². The second-order valence-electron chi connectivity index (χ2n) is 3.46. The molecule has 1 aliphatic carbocycles. The average molecular weight is 176 g/mol. The minimum Gasteiger partial charge on any atom is -0.212 e. The monoisotopic (exact) mass is 176 g/mol. The van der Waals surface area contributed by atoms with Gasteiger partial charge in [-0.25, -0.2) is 4.39 Å². The SMILES string of the molecule is FC1=C(c2ccccc2)CCCC1. The van der Waals surface area contributed by atoms with Crippen molar-refractivity contribution in [1.82, 2.24) is 0 Å². The van der Waals surface area contributed by atoms with Crippen LogP contribution >= 0.6 is 0 Å². The molecule has 0 aromatic heterocycles. The summed E-state index contributed by atoms with van der Waals surface area (Å²) in [6.07, 6.45) is 3.65. The van der Waals surface area contributed by atoms with Crippen LogP contribution in [0.2, 0.25) is 0 Å². The third-order valence-electron chi connectivity index (χ3n) is 2.52. The summed E-state index contributed by atoms with van der Waals surface area (Å²) in [6.45, 7) is 0. The fraction of sp³-hybridized carbons (Fsp3) is 0.333. The van der Waals surface area contributed by atoms with Gasteiger partial charge in [0.25, 0.3) is 0 Å². The molecule has 1 aromatic rings. The van der Waals surface area contributed by atoms with Crippen LogP contribution in [0, 0.1) is 0 Å². The van der Waals surface area contributed by atoms with Gasteiger partial charge in [0.2, 0.25) is 0 Å². The molecule has 0 spiro atoms. The van der Waals surface area contributed by atoms with Crippen LogP contribution in [0.4, 0.5) is 4.39 Å². The Hall–Kier alpha value is -1.11. The van der Waals surface area contributed by atoms with Crippen molar-refractivity contribution in [1.29, 1.82) is 0 Å². The molecule has 68 valence electrons. The van der Waals surface area contributed by atoms with Crippen LogP contribution in [0.1, 0.15) is 31.2 Å². The van der Waals surface area contributed by atoms with Crippen molar-refractivity contribution in [2.75, 3.05) is 0 Å². The molecule has 0 aliphatic heterocycles. The number of benzene rings is 1. The zero-order chi connectivity index (χ0) is 9.10. The predicted octanol–water partition coefficient (Wildman–Crippen LogP) is 3.94. The first-order valence-corrected chi connectivity index (χ1v) is 4.81. The molecule has 0 nitrogen and oxygen atoms in total. The highest BCUT2D eigenvalue weighted by atomic mass is 19.1. The zero-order valence-electron chi connectivity index (χ0n) is 7.59. The Bertz CT molecular complexity index is 311. The van der Waals surface area contributed by atoms with E-state index in [2.05, 4.69) is 0 Å².